The quantitative estimate of drug-likeness (QED) is 0.837. The molecular formula is C15H28N2O. The first kappa shape index (κ1) is 13.9. The van der Waals surface area contributed by atoms with Gasteiger partial charge in [0, 0.05) is 31.1 Å². The minimum Gasteiger partial charge on any atom is -0.339 e. The third-order valence-corrected chi connectivity index (χ3v) is 4.32. The number of amides is 1. The Labute approximate surface area is 111 Å². The monoisotopic (exact) mass is 252 g/mol. The molecule has 1 heterocycles. The maximum absolute atomic E-state index is 12.3. The Kier molecular flexibility index (Phi) is 4.31. The van der Waals surface area contributed by atoms with Crippen molar-refractivity contribution in [3.63, 3.8) is 0 Å². The number of carbonyl (C=O) groups is 1. The van der Waals surface area contributed by atoms with Crippen molar-refractivity contribution in [2.24, 2.45) is 5.92 Å². The van der Waals surface area contributed by atoms with Crippen molar-refractivity contribution in [2.45, 2.75) is 70.9 Å². The Morgan fingerprint density at radius 2 is 1.94 bits per heavy atom. The van der Waals surface area contributed by atoms with Gasteiger partial charge in [0.2, 0.25) is 5.91 Å². The zero-order valence-corrected chi connectivity index (χ0v) is 12.2. The van der Waals surface area contributed by atoms with E-state index in [0.29, 0.717) is 18.4 Å². The number of carbonyl (C=O) groups excluding carboxylic acids is 1. The summed E-state index contributed by atoms with van der Waals surface area (Å²) in [5.41, 5.74) is 0.110. The zero-order chi connectivity index (χ0) is 13.2. The largest absolute Gasteiger partial charge is 0.339 e. The fourth-order valence-corrected chi connectivity index (χ4v) is 3.40. The van der Waals surface area contributed by atoms with Gasteiger partial charge in [-0.25, -0.2) is 0 Å². The molecule has 1 aliphatic heterocycles. The van der Waals surface area contributed by atoms with Crippen LogP contribution in [0.4, 0.5) is 0 Å². The smallest absolute Gasteiger partial charge is 0.224 e. The van der Waals surface area contributed by atoms with Crippen LogP contribution in [0.2, 0.25) is 0 Å². The molecule has 2 fully saturated rings. The fraction of sp³-hybridized carbons (Fsp3) is 0.933. The van der Waals surface area contributed by atoms with E-state index in [4.69, 9.17) is 0 Å². The Morgan fingerprint density at radius 1 is 1.22 bits per heavy atom. The molecule has 0 radical (unpaired) electrons. The maximum atomic E-state index is 12.3. The summed E-state index contributed by atoms with van der Waals surface area (Å²) in [6.45, 7) is 8.24. The van der Waals surface area contributed by atoms with Gasteiger partial charge in [-0.1, -0.05) is 12.8 Å². The zero-order valence-electron chi connectivity index (χ0n) is 12.2. The summed E-state index contributed by atoms with van der Waals surface area (Å²) in [5, 5.41) is 3.40. The minimum absolute atomic E-state index is 0.110. The molecule has 1 N–H and O–H groups in total. The molecule has 3 nitrogen and oxygen atoms in total. The minimum atomic E-state index is 0.110. The summed E-state index contributed by atoms with van der Waals surface area (Å²) < 4.78 is 0. The molecule has 3 heteroatoms. The van der Waals surface area contributed by atoms with E-state index in [-0.39, 0.29) is 5.54 Å². The van der Waals surface area contributed by atoms with Gasteiger partial charge in [0.15, 0.2) is 0 Å². The molecule has 2 rings (SSSR count). The second-order valence-corrected chi connectivity index (χ2v) is 6.91. The van der Waals surface area contributed by atoms with Crippen molar-refractivity contribution in [1.82, 2.24) is 10.2 Å². The highest BCUT2D eigenvalue weighted by atomic mass is 16.2. The van der Waals surface area contributed by atoms with Crippen molar-refractivity contribution < 1.29 is 4.79 Å². The van der Waals surface area contributed by atoms with Crippen LogP contribution in [0.25, 0.3) is 0 Å². The van der Waals surface area contributed by atoms with Gasteiger partial charge in [0.1, 0.15) is 0 Å². The maximum Gasteiger partial charge on any atom is 0.224 e. The van der Waals surface area contributed by atoms with Gasteiger partial charge in [-0.15, -0.1) is 0 Å². The van der Waals surface area contributed by atoms with Crippen LogP contribution in [0, 0.1) is 5.92 Å². The SMILES string of the molecule is CC(C)(C)NCCC(=O)N1CCC2CCCCC21. The van der Waals surface area contributed by atoms with Crippen molar-refractivity contribution in [3.8, 4) is 0 Å². The Balaban J connectivity index is 1.79. The Morgan fingerprint density at radius 3 is 2.67 bits per heavy atom. The molecule has 0 bridgehead atoms. The van der Waals surface area contributed by atoms with Crippen LogP contribution in [0.1, 0.15) is 59.3 Å². The molecule has 2 unspecified atom stereocenters. The normalized spacial score (nSPS) is 28.3. The first-order valence-corrected chi connectivity index (χ1v) is 7.52. The van der Waals surface area contributed by atoms with Gasteiger partial charge in [-0.2, -0.15) is 0 Å². The highest BCUT2D eigenvalue weighted by Gasteiger charge is 2.37. The number of nitrogens with one attached hydrogen (secondary N) is 1. The number of likely N-dealkylation sites (tertiary alicyclic amines) is 1. The molecule has 104 valence electrons. The highest BCUT2D eigenvalue weighted by Crippen LogP contribution is 2.36. The van der Waals surface area contributed by atoms with Gasteiger partial charge in [-0.3, -0.25) is 4.79 Å². The predicted octanol–water partition coefficient (Wildman–Crippen LogP) is 2.56. The van der Waals surface area contributed by atoms with Gasteiger partial charge in [0.25, 0.3) is 0 Å². The summed E-state index contributed by atoms with van der Waals surface area (Å²) in [6, 6.07) is 0.570. The van der Waals surface area contributed by atoms with Gasteiger partial charge in [-0.05, 0) is 46.0 Å². The van der Waals surface area contributed by atoms with Crippen molar-refractivity contribution in [1.29, 1.82) is 0 Å². The van der Waals surface area contributed by atoms with E-state index in [1.807, 2.05) is 0 Å². The number of hydrogen-bond acceptors (Lipinski definition) is 2. The molecule has 1 saturated heterocycles. The van der Waals surface area contributed by atoms with E-state index in [1.54, 1.807) is 0 Å². The van der Waals surface area contributed by atoms with E-state index >= 15 is 0 Å². The number of hydrogen-bond donors (Lipinski definition) is 1. The molecule has 18 heavy (non-hydrogen) atoms. The molecule has 2 aliphatic rings. The number of rotatable bonds is 3. The van der Waals surface area contributed by atoms with Crippen LogP contribution in [0.15, 0.2) is 0 Å². The second kappa shape index (κ2) is 5.60. The lowest BCUT2D eigenvalue weighted by molar-refractivity contribution is -0.132. The molecule has 0 aromatic rings. The molecule has 0 aromatic carbocycles. The van der Waals surface area contributed by atoms with E-state index in [2.05, 4.69) is 31.0 Å². The van der Waals surface area contributed by atoms with Crippen molar-refractivity contribution >= 4 is 5.91 Å². The summed E-state index contributed by atoms with van der Waals surface area (Å²) in [6.07, 6.45) is 7.15. The molecule has 0 spiro atoms. The Bertz CT molecular complexity index is 295. The second-order valence-electron chi connectivity index (χ2n) is 6.91. The van der Waals surface area contributed by atoms with Crippen LogP contribution in [-0.2, 0) is 4.79 Å². The highest BCUT2D eigenvalue weighted by molar-refractivity contribution is 5.77. The summed E-state index contributed by atoms with van der Waals surface area (Å²) in [7, 11) is 0. The number of fused-ring (bicyclic) bond motifs is 1. The summed E-state index contributed by atoms with van der Waals surface area (Å²) in [5.74, 6) is 1.17. The van der Waals surface area contributed by atoms with Crippen molar-refractivity contribution in [2.75, 3.05) is 13.1 Å². The third kappa shape index (κ3) is 3.47. The van der Waals surface area contributed by atoms with Crippen LogP contribution in [0.3, 0.4) is 0 Å². The van der Waals surface area contributed by atoms with E-state index in [9.17, 15) is 4.79 Å². The lowest BCUT2D eigenvalue weighted by atomic mass is 9.85. The van der Waals surface area contributed by atoms with Gasteiger partial charge in [0.05, 0.1) is 0 Å². The topological polar surface area (TPSA) is 32.3 Å². The average molecular weight is 252 g/mol. The van der Waals surface area contributed by atoms with Crippen molar-refractivity contribution in [3.05, 3.63) is 0 Å². The third-order valence-electron chi connectivity index (χ3n) is 4.32. The first-order chi connectivity index (χ1) is 8.47. The molecular weight excluding hydrogens is 224 g/mol. The van der Waals surface area contributed by atoms with Crippen LogP contribution in [-0.4, -0.2) is 35.5 Å². The molecule has 1 amide bonds. The first-order valence-electron chi connectivity index (χ1n) is 7.52. The summed E-state index contributed by atoms with van der Waals surface area (Å²) in [4.78, 5) is 14.4. The predicted molar refractivity (Wildman–Crippen MR) is 74.4 cm³/mol. The standard InChI is InChI=1S/C15H28N2O/c1-15(2,3)16-10-8-14(18)17-11-9-12-6-4-5-7-13(12)17/h12-13,16H,4-11H2,1-3H3. The fourth-order valence-electron chi connectivity index (χ4n) is 3.40. The molecule has 0 aromatic heterocycles. The molecule has 2 atom stereocenters. The van der Waals surface area contributed by atoms with E-state index < -0.39 is 0 Å². The van der Waals surface area contributed by atoms with E-state index in [0.717, 1.165) is 19.0 Å². The lowest BCUT2D eigenvalue weighted by Crippen LogP contribution is -2.42. The molecule has 1 aliphatic carbocycles. The Hall–Kier alpha value is -0.570. The van der Waals surface area contributed by atoms with Crippen LogP contribution in [0.5, 0.6) is 0 Å². The van der Waals surface area contributed by atoms with E-state index in [1.165, 1.54) is 32.1 Å². The lowest BCUT2D eigenvalue weighted by Gasteiger charge is -2.32. The van der Waals surface area contributed by atoms with Crippen LogP contribution >= 0.6 is 0 Å². The van der Waals surface area contributed by atoms with Gasteiger partial charge >= 0.3 is 0 Å². The molecule has 1 saturated carbocycles. The summed E-state index contributed by atoms with van der Waals surface area (Å²) >= 11 is 0. The van der Waals surface area contributed by atoms with Crippen LogP contribution < -0.4 is 5.32 Å². The average Bonchev–Trinajstić information content (AvgIpc) is 2.70. The van der Waals surface area contributed by atoms with Gasteiger partial charge < -0.3 is 10.2 Å². The number of nitrogens with zero attached hydrogens (tertiary/aromatic N) is 1.